The Morgan fingerprint density at radius 2 is 2.17 bits per heavy atom. The van der Waals surface area contributed by atoms with Crippen LogP contribution in [0.2, 0.25) is 0 Å². The van der Waals surface area contributed by atoms with Gasteiger partial charge in [0.1, 0.15) is 6.61 Å². The third-order valence-electron chi connectivity index (χ3n) is 4.28. The van der Waals surface area contributed by atoms with Gasteiger partial charge in [-0.15, -0.1) is 0 Å². The molecule has 0 saturated carbocycles. The van der Waals surface area contributed by atoms with E-state index in [1.54, 1.807) is 7.11 Å². The molecule has 0 aromatic heterocycles. The molecule has 1 N–H and O–H groups in total. The number of amides is 1. The first-order valence-corrected chi connectivity index (χ1v) is 8.45. The predicted octanol–water partition coefficient (Wildman–Crippen LogP) is 1.35. The van der Waals surface area contributed by atoms with Gasteiger partial charge in [0.15, 0.2) is 11.5 Å². The zero-order chi connectivity index (χ0) is 17.5. The lowest BCUT2D eigenvalue weighted by Gasteiger charge is -2.27. The van der Waals surface area contributed by atoms with Gasteiger partial charge in [-0.25, -0.2) is 0 Å². The van der Waals surface area contributed by atoms with Crippen LogP contribution < -0.4 is 14.8 Å². The average molecular weight is 335 g/mol. The summed E-state index contributed by atoms with van der Waals surface area (Å²) in [7, 11) is 5.71. The molecule has 6 nitrogen and oxygen atoms in total. The lowest BCUT2D eigenvalue weighted by molar-refractivity contribution is -0.120. The Balaban J connectivity index is 2.14. The van der Waals surface area contributed by atoms with Crippen LogP contribution in [-0.2, 0) is 11.3 Å². The number of nitrogens with zero attached hydrogens (tertiary/aromatic N) is 2. The molecule has 1 aromatic carbocycles. The molecule has 1 aromatic rings. The molecule has 1 amide bonds. The van der Waals surface area contributed by atoms with Crippen LogP contribution in [0, 0.1) is 0 Å². The van der Waals surface area contributed by atoms with E-state index in [0.717, 1.165) is 36.7 Å². The van der Waals surface area contributed by atoms with Gasteiger partial charge in [0.05, 0.1) is 7.11 Å². The van der Waals surface area contributed by atoms with Crippen LogP contribution in [0.1, 0.15) is 18.9 Å². The van der Waals surface area contributed by atoms with E-state index in [1.807, 2.05) is 26.2 Å². The van der Waals surface area contributed by atoms with E-state index in [4.69, 9.17) is 9.47 Å². The standard InChI is InChI=1S/C18H29N3O3/c1-14-12-19-17(22)8-9-21(14)13-15-6-5-7-16(23-4)18(15)24-11-10-20(2)3/h5-7,14H,8-13H2,1-4H3,(H,19,22)/t14-/m1/s1. The Labute approximate surface area is 144 Å². The summed E-state index contributed by atoms with van der Waals surface area (Å²) in [5.74, 6) is 1.68. The molecule has 0 unspecified atom stereocenters. The van der Waals surface area contributed by atoms with Crippen LogP contribution in [0.5, 0.6) is 11.5 Å². The smallest absolute Gasteiger partial charge is 0.221 e. The number of para-hydroxylation sites is 1. The molecular formula is C18H29N3O3. The van der Waals surface area contributed by atoms with Crippen molar-refractivity contribution in [1.29, 1.82) is 0 Å². The van der Waals surface area contributed by atoms with Crippen LogP contribution in [0.3, 0.4) is 0 Å². The minimum Gasteiger partial charge on any atom is -0.493 e. The number of ether oxygens (including phenoxy) is 2. The van der Waals surface area contributed by atoms with Crippen molar-refractivity contribution in [3.8, 4) is 11.5 Å². The van der Waals surface area contributed by atoms with Gasteiger partial charge in [0.25, 0.3) is 0 Å². The molecule has 1 fully saturated rings. The molecule has 0 radical (unpaired) electrons. The quantitative estimate of drug-likeness (QED) is 0.815. The van der Waals surface area contributed by atoms with Crippen LogP contribution >= 0.6 is 0 Å². The van der Waals surface area contributed by atoms with Crippen molar-refractivity contribution in [1.82, 2.24) is 15.1 Å². The summed E-state index contributed by atoms with van der Waals surface area (Å²) in [6, 6.07) is 6.27. The third-order valence-corrected chi connectivity index (χ3v) is 4.28. The molecule has 0 bridgehead atoms. The Kier molecular flexibility index (Phi) is 6.87. The van der Waals surface area contributed by atoms with E-state index in [2.05, 4.69) is 28.1 Å². The maximum absolute atomic E-state index is 11.6. The molecule has 134 valence electrons. The van der Waals surface area contributed by atoms with Crippen LogP contribution in [-0.4, -0.2) is 69.2 Å². The molecule has 6 heteroatoms. The van der Waals surface area contributed by atoms with Crippen LogP contribution in [0.25, 0.3) is 0 Å². The molecule has 1 saturated heterocycles. The second-order valence-corrected chi connectivity index (χ2v) is 6.47. The van der Waals surface area contributed by atoms with E-state index in [0.29, 0.717) is 19.6 Å². The number of hydrogen-bond donors (Lipinski definition) is 1. The molecule has 1 aliphatic heterocycles. The largest absolute Gasteiger partial charge is 0.493 e. The van der Waals surface area contributed by atoms with E-state index in [9.17, 15) is 4.79 Å². The van der Waals surface area contributed by atoms with Crippen molar-refractivity contribution < 1.29 is 14.3 Å². The number of benzene rings is 1. The van der Waals surface area contributed by atoms with Crippen molar-refractivity contribution in [2.75, 3.05) is 47.4 Å². The highest BCUT2D eigenvalue weighted by atomic mass is 16.5. The first-order chi connectivity index (χ1) is 11.5. The maximum atomic E-state index is 11.6. The topological polar surface area (TPSA) is 54.0 Å². The van der Waals surface area contributed by atoms with Crippen molar-refractivity contribution >= 4 is 5.91 Å². The maximum Gasteiger partial charge on any atom is 0.221 e. The number of nitrogens with one attached hydrogen (secondary N) is 1. The zero-order valence-corrected chi connectivity index (χ0v) is 15.2. The highest BCUT2D eigenvalue weighted by Gasteiger charge is 2.22. The molecule has 1 heterocycles. The number of carbonyl (C=O) groups is 1. The van der Waals surface area contributed by atoms with Gasteiger partial charge < -0.3 is 19.7 Å². The number of carbonyl (C=O) groups excluding carboxylic acids is 1. The van der Waals surface area contributed by atoms with Gasteiger partial charge in [-0.05, 0) is 27.1 Å². The van der Waals surface area contributed by atoms with Crippen molar-refractivity contribution in [2.24, 2.45) is 0 Å². The number of likely N-dealkylation sites (N-methyl/N-ethyl adjacent to an activating group) is 1. The second-order valence-electron chi connectivity index (χ2n) is 6.47. The van der Waals surface area contributed by atoms with Crippen molar-refractivity contribution in [3.63, 3.8) is 0 Å². The van der Waals surface area contributed by atoms with E-state index < -0.39 is 0 Å². The summed E-state index contributed by atoms with van der Waals surface area (Å²) in [5, 5.41) is 2.95. The number of rotatable bonds is 7. The lowest BCUT2D eigenvalue weighted by atomic mass is 10.1. The zero-order valence-electron chi connectivity index (χ0n) is 15.2. The molecule has 1 atom stereocenters. The highest BCUT2D eigenvalue weighted by Crippen LogP contribution is 2.32. The van der Waals surface area contributed by atoms with Gasteiger partial charge >= 0.3 is 0 Å². The van der Waals surface area contributed by atoms with E-state index in [1.165, 1.54) is 0 Å². The summed E-state index contributed by atoms with van der Waals surface area (Å²) < 4.78 is 11.5. The third kappa shape index (κ3) is 5.11. The fraction of sp³-hybridized carbons (Fsp3) is 0.611. The Hall–Kier alpha value is -1.79. The molecule has 2 rings (SSSR count). The SMILES string of the molecule is COc1cccc(CN2CCC(=O)NC[C@H]2C)c1OCCN(C)C. The van der Waals surface area contributed by atoms with Gasteiger partial charge in [-0.2, -0.15) is 0 Å². The normalized spacial score (nSPS) is 19.0. The minimum absolute atomic E-state index is 0.123. The molecule has 24 heavy (non-hydrogen) atoms. The van der Waals surface area contributed by atoms with E-state index >= 15 is 0 Å². The molecule has 0 spiro atoms. The summed E-state index contributed by atoms with van der Waals surface area (Å²) in [6.07, 6.45) is 0.533. The van der Waals surface area contributed by atoms with Crippen LogP contribution in [0.15, 0.2) is 18.2 Å². The lowest BCUT2D eigenvalue weighted by Crippen LogP contribution is -2.37. The number of hydrogen-bond acceptors (Lipinski definition) is 5. The minimum atomic E-state index is 0.123. The first kappa shape index (κ1) is 18.5. The predicted molar refractivity (Wildman–Crippen MR) is 94.5 cm³/mol. The Bertz CT molecular complexity index is 548. The molecule has 0 aliphatic carbocycles. The fourth-order valence-corrected chi connectivity index (χ4v) is 2.74. The summed E-state index contributed by atoms with van der Waals surface area (Å²) in [4.78, 5) is 16.0. The summed E-state index contributed by atoms with van der Waals surface area (Å²) >= 11 is 0. The highest BCUT2D eigenvalue weighted by molar-refractivity contribution is 5.76. The molecule has 1 aliphatic rings. The average Bonchev–Trinajstić information content (AvgIpc) is 2.71. The summed E-state index contributed by atoms with van der Waals surface area (Å²) in [6.45, 7) is 5.76. The van der Waals surface area contributed by atoms with Gasteiger partial charge in [0, 0.05) is 44.2 Å². The first-order valence-electron chi connectivity index (χ1n) is 8.45. The Morgan fingerprint density at radius 3 is 2.88 bits per heavy atom. The Morgan fingerprint density at radius 1 is 1.38 bits per heavy atom. The van der Waals surface area contributed by atoms with Crippen LogP contribution in [0.4, 0.5) is 0 Å². The van der Waals surface area contributed by atoms with E-state index in [-0.39, 0.29) is 11.9 Å². The fourth-order valence-electron chi connectivity index (χ4n) is 2.74. The van der Waals surface area contributed by atoms with Crippen molar-refractivity contribution in [2.45, 2.75) is 25.9 Å². The van der Waals surface area contributed by atoms with Crippen molar-refractivity contribution in [3.05, 3.63) is 23.8 Å². The monoisotopic (exact) mass is 335 g/mol. The summed E-state index contributed by atoms with van der Waals surface area (Å²) in [5.41, 5.74) is 1.09. The number of methoxy groups -OCH3 is 1. The van der Waals surface area contributed by atoms with Gasteiger partial charge in [0.2, 0.25) is 5.91 Å². The second kappa shape index (κ2) is 8.89. The van der Waals surface area contributed by atoms with Gasteiger partial charge in [-0.1, -0.05) is 12.1 Å². The molecular weight excluding hydrogens is 306 g/mol. The van der Waals surface area contributed by atoms with Gasteiger partial charge in [-0.3, -0.25) is 9.69 Å².